The van der Waals surface area contributed by atoms with Gasteiger partial charge in [0.1, 0.15) is 30.8 Å². The number of pyridine rings is 1. The summed E-state index contributed by atoms with van der Waals surface area (Å²) >= 11 is 6.85. The van der Waals surface area contributed by atoms with E-state index in [2.05, 4.69) is 95.8 Å². The molecule has 0 radical (unpaired) electrons. The highest BCUT2D eigenvalue weighted by Crippen LogP contribution is 2.37. The SMILES string of the molecule is Cc1c(COc2cc(OCc3cncc(C#N)c3)c(CN[C@@H]3CCC[C@@H]3O)cc2Cl)cccc1-c1cccc(-c2ccc(CN3CC(CC(=O)O)C3)cc2)c1C. The van der Waals surface area contributed by atoms with Gasteiger partial charge in [0.15, 0.2) is 0 Å². The third-order valence-corrected chi connectivity index (χ3v) is 11.4. The zero-order chi connectivity index (χ0) is 39.2. The highest BCUT2D eigenvalue weighted by molar-refractivity contribution is 6.32. The number of carboxylic acids is 1. The molecule has 56 heavy (non-hydrogen) atoms. The largest absolute Gasteiger partial charge is 0.488 e. The van der Waals surface area contributed by atoms with Gasteiger partial charge in [-0.1, -0.05) is 72.3 Å². The second-order valence-corrected chi connectivity index (χ2v) is 15.5. The Kier molecular flexibility index (Phi) is 12.3. The molecule has 5 aromatic rings. The summed E-state index contributed by atoms with van der Waals surface area (Å²) in [5, 5.41) is 32.7. The van der Waals surface area contributed by atoms with E-state index in [9.17, 15) is 15.2 Å². The van der Waals surface area contributed by atoms with Crippen LogP contribution in [-0.2, 0) is 31.1 Å². The van der Waals surface area contributed by atoms with Crippen molar-refractivity contribution in [3.05, 3.63) is 135 Å². The first-order valence-electron chi connectivity index (χ1n) is 19.2. The summed E-state index contributed by atoms with van der Waals surface area (Å²) in [6.45, 7) is 7.75. The quantitative estimate of drug-likeness (QED) is 0.0959. The molecule has 0 unspecified atom stereocenters. The lowest BCUT2D eigenvalue weighted by Crippen LogP contribution is -2.46. The number of benzene rings is 4. The average Bonchev–Trinajstić information content (AvgIpc) is 3.60. The number of ether oxygens (including phenoxy) is 2. The van der Waals surface area contributed by atoms with E-state index in [0.717, 1.165) is 77.8 Å². The number of nitrogens with zero attached hydrogens (tertiary/aromatic N) is 3. The van der Waals surface area contributed by atoms with Gasteiger partial charge in [-0.05, 0) is 95.7 Å². The van der Waals surface area contributed by atoms with Crippen LogP contribution in [0, 0.1) is 31.1 Å². The van der Waals surface area contributed by atoms with E-state index < -0.39 is 5.97 Å². The van der Waals surface area contributed by atoms with Crippen LogP contribution in [-0.4, -0.2) is 51.3 Å². The van der Waals surface area contributed by atoms with Gasteiger partial charge < -0.3 is 25.0 Å². The van der Waals surface area contributed by atoms with Gasteiger partial charge in [-0.3, -0.25) is 14.7 Å². The molecular formula is C46H47ClN4O5. The van der Waals surface area contributed by atoms with Gasteiger partial charge in [-0.2, -0.15) is 5.26 Å². The summed E-state index contributed by atoms with van der Waals surface area (Å²) in [6, 6.07) is 29.0. The molecule has 9 nitrogen and oxygen atoms in total. The molecule has 1 aliphatic carbocycles. The maximum absolute atomic E-state index is 11.0. The van der Waals surface area contributed by atoms with Gasteiger partial charge in [-0.15, -0.1) is 0 Å². The number of hydrogen-bond acceptors (Lipinski definition) is 8. The first-order valence-corrected chi connectivity index (χ1v) is 19.6. The van der Waals surface area contributed by atoms with Crippen molar-refractivity contribution in [1.82, 2.24) is 15.2 Å². The Morgan fingerprint density at radius 2 is 1.62 bits per heavy atom. The molecule has 0 amide bonds. The number of hydrogen-bond donors (Lipinski definition) is 3. The maximum atomic E-state index is 11.0. The summed E-state index contributed by atoms with van der Waals surface area (Å²) in [6.07, 6.45) is 5.75. The molecule has 10 heteroatoms. The van der Waals surface area contributed by atoms with Gasteiger partial charge in [0.05, 0.1) is 23.1 Å². The predicted molar refractivity (Wildman–Crippen MR) is 217 cm³/mol. The Morgan fingerprint density at radius 3 is 2.36 bits per heavy atom. The molecule has 2 atom stereocenters. The Balaban J connectivity index is 1.06. The molecule has 1 saturated heterocycles. The molecule has 7 rings (SSSR count). The van der Waals surface area contributed by atoms with Gasteiger partial charge in [0, 0.05) is 61.8 Å². The number of likely N-dealkylation sites (tertiary alicyclic amines) is 1. The zero-order valence-corrected chi connectivity index (χ0v) is 32.6. The lowest BCUT2D eigenvalue weighted by atomic mass is 9.89. The van der Waals surface area contributed by atoms with E-state index in [1.807, 2.05) is 12.1 Å². The van der Waals surface area contributed by atoms with E-state index in [-0.39, 0.29) is 31.1 Å². The maximum Gasteiger partial charge on any atom is 0.303 e. The van der Waals surface area contributed by atoms with Crippen LogP contribution in [0.15, 0.2) is 91.3 Å². The fourth-order valence-electron chi connectivity index (χ4n) is 7.92. The number of aliphatic hydroxyl groups is 1. The van der Waals surface area contributed by atoms with Gasteiger partial charge in [-0.25, -0.2) is 0 Å². The number of nitriles is 1. The average molecular weight is 771 g/mol. The van der Waals surface area contributed by atoms with Crippen LogP contribution in [0.25, 0.3) is 22.3 Å². The van der Waals surface area contributed by atoms with Crippen molar-refractivity contribution in [2.24, 2.45) is 5.92 Å². The fraction of sp³-hybridized carbons (Fsp3) is 0.326. The first kappa shape index (κ1) is 39.0. The molecular weight excluding hydrogens is 724 g/mol. The van der Waals surface area contributed by atoms with Crippen LogP contribution in [0.5, 0.6) is 11.5 Å². The Morgan fingerprint density at radius 1 is 0.893 bits per heavy atom. The molecule has 3 N–H and O–H groups in total. The molecule has 2 heterocycles. The number of nitrogens with one attached hydrogen (secondary N) is 1. The molecule has 1 aliphatic heterocycles. The Bertz CT molecular complexity index is 2230. The number of aliphatic hydroxyl groups excluding tert-OH is 1. The van der Waals surface area contributed by atoms with Crippen molar-refractivity contribution in [3.8, 4) is 39.8 Å². The standard InChI is InChI=1S/C46H47ClN4O5/c1-29-36(6-3-8-39(29)40-9-4-7-38(30(40)2)35-14-12-31(13-15-35)24-51-25-34(26-51)17-46(53)54)28-56-45-19-44(55-27-33-16-32(20-48)21-49-22-33)37(18-41(45)47)23-50-42-10-5-11-43(42)52/h3-4,6-9,12-16,18-19,21-22,34,42-43,50,52H,5,10-11,17,23-28H2,1-2H3,(H,53,54)/t42-,43+/m1/s1. The monoisotopic (exact) mass is 770 g/mol. The van der Waals surface area contributed by atoms with Gasteiger partial charge in [0.25, 0.3) is 0 Å². The molecule has 4 aromatic carbocycles. The van der Waals surface area contributed by atoms with Crippen LogP contribution in [0.4, 0.5) is 0 Å². The highest BCUT2D eigenvalue weighted by atomic mass is 35.5. The zero-order valence-electron chi connectivity index (χ0n) is 31.8. The smallest absolute Gasteiger partial charge is 0.303 e. The Labute approximate surface area is 333 Å². The normalized spacial score (nSPS) is 17.0. The summed E-state index contributed by atoms with van der Waals surface area (Å²) in [5.41, 5.74) is 11.3. The van der Waals surface area contributed by atoms with Crippen molar-refractivity contribution in [2.45, 2.75) is 78.0 Å². The van der Waals surface area contributed by atoms with Crippen molar-refractivity contribution in [3.63, 3.8) is 0 Å². The minimum atomic E-state index is -0.722. The van der Waals surface area contributed by atoms with Gasteiger partial charge >= 0.3 is 5.97 Å². The minimum absolute atomic E-state index is 0.0112. The van der Waals surface area contributed by atoms with E-state index in [0.29, 0.717) is 35.2 Å². The topological polar surface area (TPSA) is 128 Å². The van der Waals surface area contributed by atoms with Crippen LogP contribution < -0.4 is 14.8 Å². The lowest BCUT2D eigenvalue weighted by molar-refractivity contribution is -0.139. The van der Waals surface area contributed by atoms with Crippen LogP contribution in [0.2, 0.25) is 5.02 Å². The number of halogens is 1. The van der Waals surface area contributed by atoms with E-state index in [1.165, 1.54) is 22.9 Å². The van der Waals surface area contributed by atoms with Crippen molar-refractivity contribution in [1.29, 1.82) is 5.26 Å². The number of carboxylic acid groups (broad SMARTS) is 1. The van der Waals surface area contributed by atoms with E-state index in [1.54, 1.807) is 12.3 Å². The summed E-state index contributed by atoms with van der Waals surface area (Å²) in [4.78, 5) is 17.5. The second-order valence-electron chi connectivity index (χ2n) is 15.1. The fourth-order valence-corrected chi connectivity index (χ4v) is 8.17. The number of rotatable bonds is 15. The summed E-state index contributed by atoms with van der Waals surface area (Å²) in [5.74, 6) is 0.621. The number of carbonyl (C=O) groups is 1. The van der Waals surface area contributed by atoms with Crippen molar-refractivity contribution in [2.75, 3.05) is 13.1 Å². The highest BCUT2D eigenvalue weighted by Gasteiger charge is 2.28. The second kappa shape index (κ2) is 17.7. The number of aromatic nitrogens is 1. The van der Waals surface area contributed by atoms with Gasteiger partial charge in [0.2, 0.25) is 0 Å². The number of aliphatic carboxylic acids is 1. The van der Waals surface area contributed by atoms with E-state index >= 15 is 0 Å². The molecule has 1 saturated carbocycles. The summed E-state index contributed by atoms with van der Waals surface area (Å²) in [7, 11) is 0. The van der Waals surface area contributed by atoms with E-state index in [4.69, 9.17) is 26.2 Å². The van der Waals surface area contributed by atoms with Crippen LogP contribution >= 0.6 is 11.6 Å². The first-order chi connectivity index (χ1) is 27.1. The van der Waals surface area contributed by atoms with Crippen LogP contribution in [0.3, 0.4) is 0 Å². The Hall–Kier alpha value is -5.24. The molecule has 288 valence electrons. The molecule has 2 aliphatic rings. The summed E-state index contributed by atoms with van der Waals surface area (Å²) < 4.78 is 12.7. The molecule has 1 aromatic heterocycles. The molecule has 2 fully saturated rings. The third kappa shape index (κ3) is 9.23. The third-order valence-electron chi connectivity index (χ3n) is 11.1. The minimum Gasteiger partial charge on any atom is -0.488 e. The van der Waals surface area contributed by atoms with Crippen molar-refractivity contribution >= 4 is 17.6 Å². The molecule has 0 bridgehead atoms. The molecule has 0 spiro atoms. The lowest BCUT2D eigenvalue weighted by Gasteiger charge is -2.38. The van der Waals surface area contributed by atoms with Crippen LogP contribution in [0.1, 0.15) is 64.6 Å². The predicted octanol–water partition coefficient (Wildman–Crippen LogP) is 8.63. The van der Waals surface area contributed by atoms with Crippen molar-refractivity contribution < 1.29 is 24.5 Å².